The second kappa shape index (κ2) is 1.82. The average Bonchev–Trinajstić information content (AvgIpc) is 2.83. The van der Waals surface area contributed by atoms with Crippen LogP contribution in [0.3, 0.4) is 0 Å². The molecular weight excluding hydrogens is 160 g/mol. The zero-order chi connectivity index (χ0) is 8.58. The fraction of sp³-hybridized carbons (Fsp3) is 0.583. The van der Waals surface area contributed by atoms with Crippen molar-refractivity contribution in [2.24, 2.45) is 35.5 Å². The highest BCUT2D eigenvalue weighted by molar-refractivity contribution is 5.87. The molecule has 2 saturated carbocycles. The van der Waals surface area contributed by atoms with E-state index in [-0.39, 0.29) is 0 Å². The van der Waals surface area contributed by atoms with Gasteiger partial charge in [-0.2, -0.15) is 0 Å². The van der Waals surface area contributed by atoms with Gasteiger partial charge in [-0.25, -0.2) is 0 Å². The van der Waals surface area contributed by atoms with Crippen molar-refractivity contribution in [2.75, 3.05) is 0 Å². The lowest BCUT2D eigenvalue weighted by molar-refractivity contribution is -0.123. The van der Waals surface area contributed by atoms with Gasteiger partial charge < -0.3 is 0 Å². The fourth-order valence-corrected chi connectivity index (χ4v) is 3.89. The van der Waals surface area contributed by atoms with Crippen LogP contribution >= 0.6 is 0 Å². The molecule has 0 N–H and O–H groups in total. The third-order valence-electron chi connectivity index (χ3n) is 4.46. The molecule has 0 heterocycles. The summed E-state index contributed by atoms with van der Waals surface area (Å²) in [5.74, 6) is 4.29. The van der Waals surface area contributed by atoms with E-state index in [0.717, 1.165) is 12.3 Å². The molecular formula is C12H12O. The number of Topliss-reactive ketones (excluding diaryl/α,β-unsaturated/α-hetero) is 1. The Hall–Kier alpha value is -0.850. The van der Waals surface area contributed by atoms with E-state index >= 15 is 0 Å². The normalized spacial score (nSPS) is 59.5. The van der Waals surface area contributed by atoms with Gasteiger partial charge in [0, 0.05) is 12.3 Å². The summed E-state index contributed by atoms with van der Waals surface area (Å²) in [7, 11) is 0. The van der Waals surface area contributed by atoms with Crippen molar-refractivity contribution >= 4 is 5.78 Å². The van der Waals surface area contributed by atoms with E-state index in [1.165, 1.54) is 0 Å². The molecule has 0 amide bonds. The van der Waals surface area contributed by atoms with E-state index in [9.17, 15) is 4.79 Å². The van der Waals surface area contributed by atoms with Crippen molar-refractivity contribution in [2.45, 2.75) is 6.42 Å². The Morgan fingerprint density at radius 1 is 1.08 bits per heavy atom. The summed E-state index contributed by atoms with van der Waals surface area (Å²) in [4.78, 5) is 11.7. The zero-order valence-corrected chi connectivity index (χ0v) is 7.39. The second-order valence-corrected chi connectivity index (χ2v) is 4.94. The Labute approximate surface area is 77.5 Å². The zero-order valence-electron chi connectivity index (χ0n) is 7.39. The molecule has 0 aromatic carbocycles. The Bertz CT molecular complexity index is 352. The van der Waals surface area contributed by atoms with Gasteiger partial charge in [-0.1, -0.05) is 24.3 Å². The molecule has 5 rings (SSSR count). The summed E-state index contributed by atoms with van der Waals surface area (Å²) >= 11 is 0. The molecule has 0 aromatic rings. The van der Waals surface area contributed by atoms with Crippen molar-refractivity contribution in [3.05, 3.63) is 24.3 Å². The minimum absolute atomic E-state index is 0.450. The van der Waals surface area contributed by atoms with Crippen molar-refractivity contribution in [3.8, 4) is 0 Å². The first kappa shape index (κ1) is 6.58. The largest absolute Gasteiger partial charge is 0.299 e. The number of carbonyl (C=O) groups excluding carboxylic acids is 1. The highest BCUT2D eigenvalue weighted by Crippen LogP contribution is 2.65. The molecule has 66 valence electrons. The molecule has 0 aromatic heterocycles. The average molecular weight is 172 g/mol. The topological polar surface area (TPSA) is 17.1 Å². The predicted molar refractivity (Wildman–Crippen MR) is 48.8 cm³/mol. The molecule has 5 aliphatic carbocycles. The van der Waals surface area contributed by atoms with Gasteiger partial charge in [-0.15, -0.1) is 0 Å². The summed E-state index contributed by atoms with van der Waals surface area (Å²) in [5, 5.41) is 0. The SMILES string of the molecule is O=C1CC2C=CC3C=CC2C2C1C32. The van der Waals surface area contributed by atoms with Crippen molar-refractivity contribution in [3.63, 3.8) is 0 Å². The smallest absolute Gasteiger partial charge is 0.137 e. The van der Waals surface area contributed by atoms with Crippen LogP contribution in [-0.2, 0) is 4.79 Å². The molecule has 0 saturated heterocycles. The van der Waals surface area contributed by atoms with Crippen LogP contribution in [0.1, 0.15) is 6.42 Å². The van der Waals surface area contributed by atoms with Crippen LogP contribution in [0.15, 0.2) is 24.3 Å². The van der Waals surface area contributed by atoms with E-state index < -0.39 is 0 Å². The molecule has 5 aliphatic rings. The highest BCUT2D eigenvalue weighted by Gasteiger charge is 2.65. The van der Waals surface area contributed by atoms with Gasteiger partial charge in [-0.3, -0.25) is 4.79 Å². The maximum absolute atomic E-state index is 11.7. The Morgan fingerprint density at radius 2 is 1.92 bits per heavy atom. The molecule has 0 spiro atoms. The minimum atomic E-state index is 0.450. The predicted octanol–water partition coefficient (Wildman–Crippen LogP) is 1.81. The third kappa shape index (κ3) is 0.609. The van der Waals surface area contributed by atoms with Crippen LogP contribution in [0.2, 0.25) is 0 Å². The van der Waals surface area contributed by atoms with E-state index in [2.05, 4.69) is 24.3 Å². The van der Waals surface area contributed by atoms with Gasteiger partial charge in [0.1, 0.15) is 5.78 Å². The van der Waals surface area contributed by atoms with E-state index in [1.54, 1.807) is 0 Å². The van der Waals surface area contributed by atoms with Gasteiger partial charge in [0.05, 0.1) is 0 Å². The Kier molecular flexibility index (Phi) is 0.919. The molecule has 2 fully saturated rings. The minimum Gasteiger partial charge on any atom is -0.299 e. The number of ketones is 1. The lowest BCUT2D eigenvalue weighted by Crippen LogP contribution is -2.24. The second-order valence-electron chi connectivity index (χ2n) is 4.94. The van der Waals surface area contributed by atoms with Crippen LogP contribution in [0.25, 0.3) is 0 Å². The summed E-state index contributed by atoms with van der Waals surface area (Å²) < 4.78 is 0. The first-order chi connectivity index (χ1) is 6.36. The molecule has 4 bridgehead atoms. The van der Waals surface area contributed by atoms with Crippen LogP contribution in [0.4, 0.5) is 0 Å². The van der Waals surface area contributed by atoms with Crippen molar-refractivity contribution in [1.82, 2.24) is 0 Å². The van der Waals surface area contributed by atoms with Crippen LogP contribution in [-0.4, -0.2) is 5.78 Å². The fourth-order valence-electron chi connectivity index (χ4n) is 3.89. The number of allylic oxidation sites excluding steroid dienone is 4. The summed E-state index contributed by atoms with van der Waals surface area (Å²) in [6.07, 6.45) is 10.2. The van der Waals surface area contributed by atoms with E-state index in [0.29, 0.717) is 35.4 Å². The molecule has 0 radical (unpaired) electrons. The number of carbonyl (C=O) groups is 1. The molecule has 1 heteroatoms. The van der Waals surface area contributed by atoms with Gasteiger partial charge in [0.15, 0.2) is 0 Å². The summed E-state index contributed by atoms with van der Waals surface area (Å²) in [6, 6.07) is 0. The van der Waals surface area contributed by atoms with Crippen molar-refractivity contribution < 1.29 is 4.79 Å². The first-order valence-corrected chi connectivity index (χ1v) is 5.25. The molecule has 0 aliphatic heterocycles. The Balaban J connectivity index is 1.93. The monoisotopic (exact) mass is 172 g/mol. The maximum Gasteiger partial charge on any atom is 0.137 e. The Morgan fingerprint density at radius 3 is 2.85 bits per heavy atom. The summed E-state index contributed by atoms with van der Waals surface area (Å²) in [5.41, 5.74) is 0. The lowest BCUT2D eigenvalue weighted by atomic mass is 9.78. The molecule has 6 unspecified atom stereocenters. The van der Waals surface area contributed by atoms with Gasteiger partial charge >= 0.3 is 0 Å². The maximum atomic E-state index is 11.7. The standard InChI is InChI=1S/C12H12O/c13-9-5-7-2-1-6-3-4-8(7)11-10(6)12(9)11/h1-4,6-8,10-12H,5H2. The molecule has 1 nitrogen and oxygen atoms in total. The lowest BCUT2D eigenvalue weighted by Gasteiger charge is -2.25. The third-order valence-corrected chi connectivity index (χ3v) is 4.46. The molecule has 6 atom stereocenters. The molecule has 13 heavy (non-hydrogen) atoms. The van der Waals surface area contributed by atoms with Gasteiger partial charge in [-0.05, 0) is 29.6 Å². The van der Waals surface area contributed by atoms with Gasteiger partial charge in [0.2, 0.25) is 0 Å². The highest BCUT2D eigenvalue weighted by atomic mass is 16.1. The number of rotatable bonds is 0. The van der Waals surface area contributed by atoms with E-state index in [1.807, 2.05) is 0 Å². The number of hydrogen-bond acceptors (Lipinski definition) is 1. The van der Waals surface area contributed by atoms with Crippen LogP contribution in [0, 0.1) is 35.5 Å². The van der Waals surface area contributed by atoms with Crippen molar-refractivity contribution in [1.29, 1.82) is 0 Å². The van der Waals surface area contributed by atoms with Crippen LogP contribution in [0.5, 0.6) is 0 Å². The van der Waals surface area contributed by atoms with E-state index in [4.69, 9.17) is 0 Å². The quantitative estimate of drug-likeness (QED) is 0.509. The van der Waals surface area contributed by atoms with Gasteiger partial charge in [0.25, 0.3) is 0 Å². The van der Waals surface area contributed by atoms with Crippen LogP contribution < -0.4 is 0 Å². The number of hydrogen-bond donors (Lipinski definition) is 0. The first-order valence-electron chi connectivity index (χ1n) is 5.25. The summed E-state index contributed by atoms with van der Waals surface area (Å²) in [6.45, 7) is 0.